The quantitative estimate of drug-likeness (QED) is 0.203. The normalized spacial score (nSPS) is 16.3. The van der Waals surface area contributed by atoms with Crippen LogP contribution in [0.25, 0.3) is 10.9 Å². The van der Waals surface area contributed by atoms with Gasteiger partial charge < -0.3 is 36.9 Å². The molecule has 1 heterocycles. The van der Waals surface area contributed by atoms with Gasteiger partial charge in [-0.25, -0.2) is 4.79 Å². The van der Waals surface area contributed by atoms with E-state index >= 15 is 0 Å². The number of rotatable bonds is 13. The number of para-hydroxylation sites is 1. The van der Waals surface area contributed by atoms with Crippen molar-refractivity contribution in [1.82, 2.24) is 20.9 Å². The molecule has 37 heavy (non-hydrogen) atoms. The maximum atomic E-state index is 13.4. The number of aliphatic hydroxyl groups excluding tert-OH is 1. The Labute approximate surface area is 216 Å². The van der Waals surface area contributed by atoms with Crippen LogP contribution in [0.1, 0.15) is 46.6 Å². The topological polar surface area (TPSA) is 187 Å². The number of benzene rings is 1. The van der Waals surface area contributed by atoms with Crippen LogP contribution in [0.4, 0.5) is 0 Å². The third kappa shape index (κ3) is 7.77. The van der Waals surface area contributed by atoms with Crippen molar-refractivity contribution in [2.75, 3.05) is 0 Å². The fourth-order valence-corrected chi connectivity index (χ4v) is 3.89. The molecule has 0 saturated carbocycles. The summed E-state index contributed by atoms with van der Waals surface area (Å²) in [6.07, 6.45) is 0.989. The highest BCUT2D eigenvalue weighted by atomic mass is 16.4. The third-order valence-electron chi connectivity index (χ3n) is 6.59. The minimum absolute atomic E-state index is 0.0885. The minimum Gasteiger partial charge on any atom is -0.480 e. The summed E-state index contributed by atoms with van der Waals surface area (Å²) in [5.74, 6) is -3.86. The maximum absolute atomic E-state index is 13.4. The SMILES string of the molecule is CCC(C)C(NC(=O)C(NC(=O)C(Cc1c[nH]c2ccccc12)NC(=O)C(N)C(C)C)C(C)O)C(=O)O. The first kappa shape index (κ1) is 29.8. The Balaban J connectivity index is 2.30. The molecule has 204 valence electrons. The van der Waals surface area contributed by atoms with E-state index in [4.69, 9.17) is 5.73 Å². The molecule has 1 aromatic carbocycles. The first-order valence-electron chi connectivity index (χ1n) is 12.5. The largest absolute Gasteiger partial charge is 0.480 e. The highest BCUT2D eigenvalue weighted by Gasteiger charge is 2.34. The van der Waals surface area contributed by atoms with E-state index in [-0.39, 0.29) is 18.3 Å². The lowest BCUT2D eigenvalue weighted by Crippen LogP contribution is -2.61. The van der Waals surface area contributed by atoms with Crippen LogP contribution in [-0.4, -0.2) is 69.2 Å². The number of aliphatic hydroxyl groups is 1. The average molecular weight is 518 g/mol. The summed E-state index contributed by atoms with van der Waals surface area (Å²) in [7, 11) is 0. The zero-order chi connectivity index (χ0) is 27.9. The van der Waals surface area contributed by atoms with Crippen molar-refractivity contribution < 1.29 is 29.4 Å². The van der Waals surface area contributed by atoms with Crippen LogP contribution >= 0.6 is 0 Å². The summed E-state index contributed by atoms with van der Waals surface area (Å²) in [4.78, 5) is 53.8. The summed E-state index contributed by atoms with van der Waals surface area (Å²) in [6.45, 7) is 8.34. The lowest BCUT2D eigenvalue weighted by atomic mass is 9.98. The van der Waals surface area contributed by atoms with Crippen molar-refractivity contribution >= 4 is 34.6 Å². The fraction of sp³-hybridized carbons (Fsp3) is 0.538. The molecule has 6 unspecified atom stereocenters. The summed E-state index contributed by atoms with van der Waals surface area (Å²) < 4.78 is 0. The smallest absolute Gasteiger partial charge is 0.326 e. The van der Waals surface area contributed by atoms with E-state index in [1.54, 1.807) is 33.9 Å². The van der Waals surface area contributed by atoms with Crippen molar-refractivity contribution in [1.29, 1.82) is 0 Å². The maximum Gasteiger partial charge on any atom is 0.326 e. The second kappa shape index (κ2) is 13.2. The number of hydrogen-bond acceptors (Lipinski definition) is 6. The zero-order valence-corrected chi connectivity index (χ0v) is 21.9. The first-order chi connectivity index (χ1) is 17.4. The molecular weight excluding hydrogens is 478 g/mol. The van der Waals surface area contributed by atoms with E-state index in [1.165, 1.54) is 6.92 Å². The number of nitrogens with two attached hydrogens (primary N) is 1. The van der Waals surface area contributed by atoms with Crippen molar-refractivity contribution in [3.8, 4) is 0 Å². The van der Waals surface area contributed by atoms with Crippen LogP contribution in [-0.2, 0) is 25.6 Å². The monoisotopic (exact) mass is 517 g/mol. The van der Waals surface area contributed by atoms with Crippen molar-refractivity contribution in [3.05, 3.63) is 36.0 Å². The van der Waals surface area contributed by atoms with Gasteiger partial charge in [0.25, 0.3) is 0 Å². The van der Waals surface area contributed by atoms with Gasteiger partial charge in [-0.1, -0.05) is 52.3 Å². The van der Waals surface area contributed by atoms with Crippen LogP contribution in [0.15, 0.2) is 30.5 Å². The van der Waals surface area contributed by atoms with Gasteiger partial charge in [0.15, 0.2) is 0 Å². The minimum atomic E-state index is -1.44. The van der Waals surface area contributed by atoms with Gasteiger partial charge >= 0.3 is 5.97 Å². The predicted molar refractivity (Wildman–Crippen MR) is 139 cm³/mol. The van der Waals surface area contributed by atoms with E-state index in [1.807, 2.05) is 24.3 Å². The predicted octanol–water partition coefficient (Wildman–Crippen LogP) is 0.660. The molecule has 0 radical (unpaired) electrons. The number of aromatic nitrogens is 1. The van der Waals surface area contributed by atoms with Gasteiger partial charge in [0.1, 0.15) is 18.1 Å². The van der Waals surface area contributed by atoms with Crippen LogP contribution in [0.3, 0.4) is 0 Å². The summed E-state index contributed by atoms with van der Waals surface area (Å²) in [5.41, 5.74) is 7.60. The van der Waals surface area contributed by atoms with Gasteiger partial charge in [0, 0.05) is 23.5 Å². The summed E-state index contributed by atoms with van der Waals surface area (Å²) in [6, 6.07) is 2.87. The standard InChI is InChI=1S/C26H39N5O6/c1-6-14(4)21(26(36)37)30-25(35)22(15(5)32)31-23(33)19(29-24(34)20(27)13(2)3)11-16-12-28-18-10-8-7-9-17(16)18/h7-10,12-15,19-22,28,32H,6,11,27H2,1-5H3,(H,29,34)(H,30,35)(H,31,33)(H,36,37). The molecular formula is C26H39N5O6. The molecule has 11 heteroatoms. The summed E-state index contributed by atoms with van der Waals surface area (Å²) in [5, 5.41) is 28.2. The molecule has 8 N–H and O–H groups in total. The highest BCUT2D eigenvalue weighted by Crippen LogP contribution is 2.19. The number of nitrogens with one attached hydrogen (secondary N) is 4. The lowest BCUT2D eigenvalue weighted by Gasteiger charge is -2.28. The fourth-order valence-electron chi connectivity index (χ4n) is 3.89. The number of aromatic amines is 1. The van der Waals surface area contributed by atoms with Crippen LogP contribution < -0.4 is 21.7 Å². The average Bonchev–Trinajstić information content (AvgIpc) is 3.26. The van der Waals surface area contributed by atoms with Crippen LogP contribution in [0.2, 0.25) is 0 Å². The number of carbonyl (C=O) groups is 4. The Morgan fingerprint density at radius 3 is 2.14 bits per heavy atom. The van der Waals surface area contributed by atoms with E-state index < -0.39 is 54.0 Å². The van der Waals surface area contributed by atoms with Crippen LogP contribution in [0.5, 0.6) is 0 Å². The molecule has 1 aromatic heterocycles. The number of amides is 3. The van der Waals surface area contributed by atoms with E-state index in [9.17, 15) is 29.4 Å². The number of aliphatic carboxylic acids is 1. The second-order valence-electron chi connectivity index (χ2n) is 9.83. The van der Waals surface area contributed by atoms with Gasteiger partial charge in [-0.15, -0.1) is 0 Å². The van der Waals surface area contributed by atoms with Gasteiger partial charge in [-0.05, 0) is 30.4 Å². The number of carboxylic acid groups (broad SMARTS) is 1. The number of carboxylic acids is 1. The number of hydrogen-bond donors (Lipinski definition) is 7. The summed E-state index contributed by atoms with van der Waals surface area (Å²) >= 11 is 0. The van der Waals surface area contributed by atoms with E-state index in [0.29, 0.717) is 6.42 Å². The zero-order valence-electron chi connectivity index (χ0n) is 21.9. The van der Waals surface area contributed by atoms with Gasteiger partial charge in [-0.2, -0.15) is 0 Å². The molecule has 3 amide bonds. The Kier molecular flexibility index (Phi) is 10.6. The molecule has 0 spiro atoms. The molecule has 0 bridgehead atoms. The molecule has 6 atom stereocenters. The van der Waals surface area contributed by atoms with Crippen molar-refractivity contribution in [2.45, 2.75) is 77.7 Å². The Bertz CT molecular complexity index is 1100. The number of H-pyrrole nitrogens is 1. The van der Waals surface area contributed by atoms with Gasteiger partial charge in [0.05, 0.1) is 12.1 Å². The third-order valence-corrected chi connectivity index (χ3v) is 6.59. The Morgan fingerprint density at radius 1 is 0.946 bits per heavy atom. The molecule has 11 nitrogen and oxygen atoms in total. The number of carbonyl (C=O) groups excluding carboxylic acids is 3. The highest BCUT2D eigenvalue weighted by molar-refractivity contribution is 5.95. The lowest BCUT2D eigenvalue weighted by molar-refractivity contribution is -0.144. The molecule has 2 aromatic rings. The molecule has 2 rings (SSSR count). The molecule has 0 aliphatic heterocycles. The molecule has 0 aliphatic carbocycles. The first-order valence-corrected chi connectivity index (χ1v) is 12.5. The molecule has 0 saturated heterocycles. The van der Waals surface area contributed by atoms with Gasteiger partial charge in [-0.3, -0.25) is 14.4 Å². The van der Waals surface area contributed by atoms with Crippen LogP contribution in [0, 0.1) is 11.8 Å². The Morgan fingerprint density at radius 2 is 1.57 bits per heavy atom. The van der Waals surface area contributed by atoms with Crippen molar-refractivity contribution in [2.24, 2.45) is 17.6 Å². The number of fused-ring (bicyclic) bond motifs is 1. The van der Waals surface area contributed by atoms with Crippen molar-refractivity contribution in [3.63, 3.8) is 0 Å². The molecule has 0 aliphatic rings. The van der Waals surface area contributed by atoms with Gasteiger partial charge in [0.2, 0.25) is 17.7 Å². The molecule has 0 fully saturated rings. The second-order valence-corrected chi connectivity index (χ2v) is 9.83. The van der Waals surface area contributed by atoms with E-state index in [0.717, 1.165) is 16.5 Å². The Hall–Kier alpha value is -3.44. The van der Waals surface area contributed by atoms with E-state index in [2.05, 4.69) is 20.9 Å².